The molecule has 4 nitrogen and oxygen atoms in total. The number of para-hydroxylation sites is 2. The smallest absolute Gasteiger partial charge is 0.311 e. The Labute approximate surface area is 221 Å². The van der Waals surface area contributed by atoms with Gasteiger partial charge < -0.3 is 9.47 Å². The predicted octanol–water partition coefficient (Wildman–Crippen LogP) is 9.83. The van der Waals surface area contributed by atoms with Crippen molar-refractivity contribution in [2.24, 2.45) is 10.8 Å². The van der Waals surface area contributed by atoms with E-state index in [0.29, 0.717) is 35.2 Å². The quantitative estimate of drug-likeness (QED) is 0.114. The van der Waals surface area contributed by atoms with E-state index in [4.69, 9.17) is 9.47 Å². The van der Waals surface area contributed by atoms with Gasteiger partial charge in [-0.25, -0.2) is 0 Å². The van der Waals surface area contributed by atoms with Crippen LogP contribution in [0.25, 0.3) is 0 Å². The molecule has 1 aromatic rings. The summed E-state index contributed by atoms with van der Waals surface area (Å²) >= 11 is 0. The van der Waals surface area contributed by atoms with E-state index in [-0.39, 0.29) is 11.9 Å². The first-order valence-electron chi connectivity index (χ1n) is 14.5. The SMILES string of the molecule is CC(C)(C)CCCCCCCCC(=O)Oc1ccccc1OC(=O)CCCCCCCCC(C)(C)C. The van der Waals surface area contributed by atoms with Gasteiger partial charge in [-0.15, -0.1) is 0 Å². The van der Waals surface area contributed by atoms with Crippen LogP contribution in [0.1, 0.15) is 144 Å². The minimum atomic E-state index is -0.266. The average molecular weight is 503 g/mol. The second-order valence-electron chi connectivity index (χ2n) is 12.8. The van der Waals surface area contributed by atoms with Crippen LogP contribution in [0.4, 0.5) is 0 Å². The number of benzene rings is 1. The molecular weight excluding hydrogens is 448 g/mol. The maximum atomic E-state index is 12.3. The summed E-state index contributed by atoms with van der Waals surface area (Å²) in [6.07, 6.45) is 16.9. The molecule has 1 rings (SSSR count). The minimum Gasteiger partial charge on any atom is -0.423 e. The lowest BCUT2D eigenvalue weighted by Crippen LogP contribution is -2.12. The van der Waals surface area contributed by atoms with Gasteiger partial charge >= 0.3 is 11.9 Å². The molecule has 0 bridgehead atoms. The third kappa shape index (κ3) is 18.4. The summed E-state index contributed by atoms with van der Waals surface area (Å²) in [5, 5.41) is 0. The highest BCUT2D eigenvalue weighted by atomic mass is 16.6. The van der Waals surface area contributed by atoms with Crippen LogP contribution in [0.15, 0.2) is 24.3 Å². The van der Waals surface area contributed by atoms with Crippen molar-refractivity contribution < 1.29 is 19.1 Å². The van der Waals surface area contributed by atoms with E-state index in [2.05, 4.69) is 41.5 Å². The Balaban J connectivity index is 2.20. The Morgan fingerprint density at radius 2 is 0.833 bits per heavy atom. The molecule has 0 atom stereocenters. The van der Waals surface area contributed by atoms with Crippen LogP contribution in [0.2, 0.25) is 0 Å². The van der Waals surface area contributed by atoms with Gasteiger partial charge in [0.05, 0.1) is 0 Å². The standard InChI is InChI=1S/C32H54O4/c1-31(2,3)25-19-13-9-7-11-15-23-29(33)35-27-21-17-18-22-28(27)36-30(34)24-16-12-8-10-14-20-26-32(4,5)6/h17-18,21-22H,7-16,19-20,23-26H2,1-6H3. The van der Waals surface area contributed by atoms with Crippen LogP contribution >= 0.6 is 0 Å². The zero-order valence-corrected chi connectivity index (χ0v) is 24.3. The Morgan fingerprint density at radius 1 is 0.528 bits per heavy atom. The molecule has 0 radical (unpaired) electrons. The van der Waals surface area contributed by atoms with Crippen LogP contribution in [0, 0.1) is 10.8 Å². The Morgan fingerprint density at radius 3 is 1.17 bits per heavy atom. The first-order chi connectivity index (χ1) is 17.0. The van der Waals surface area contributed by atoms with E-state index in [1.165, 1.54) is 51.4 Å². The van der Waals surface area contributed by atoms with Crippen molar-refractivity contribution in [2.45, 2.75) is 144 Å². The number of unbranched alkanes of at least 4 members (excludes halogenated alkanes) is 10. The van der Waals surface area contributed by atoms with Crippen molar-refractivity contribution >= 4 is 11.9 Å². The van der Waals surface area contributed by atoms with Gasteiger partial charge in [0.1, 0.15) is 0 Å². The monoisotopic (exact) mass is 502 g/mol. The lowest BCUT2D eigenvalue weighted by Gasteiger charge is -2.17. The fourth-order valence-corrected chi connectivity index (χ4v) is 4.23. The second kappa shape index (κ2) is 17.6. The van der Waals surface area contributed by atoms with Crippen LogP contribution in [-0.2, 0) is 9.59 Å². The van der Waals surface area contributed by atoms with Crippen LogP contribution in [0.5, 0.6) is 11.5 Å². The summed E-state index contributed by atoms with van der Waals surface area (Å²) in [5.41, 5.74) is 0.833. The minimum absolute atomic E-state index is 0.266. The van der Waals surface area contributed by atoms with Crippen molar-refractivity contribution in [3.8, 4) is 11.5 Å². The summed E-state index contributed by atoms with van der Waals surface area (Å²) in [6.45, 7) is 13.7. The van der Waals surface area contributed by atoms with E-state index in [9.17, 15) is 9.59 Å². The van der Waals surface area contributed by atoms with E-state index in [1.54, 1.807) is 24.3 Å². The second-order valence-corrected chi connectivity index (χ2v) is 12.8. The van der Waals surface area contributed by atoms with Crippen LogP contribution in [0.3, 0.4) is 0 Å². The number of carbonyl (C=O) groups is 2. The molecule has 0 saturated carbocycles. The third-order valence-electron chi connectivity index (χ3n) is 6.41. The van der Waals surface area contributed by atoms with E-state index < -0.39 is 0 Å². The zero-order chi connectivity index (χ0) is 26.9. The molecule has 206 valence electrons. The lowest BCUT2D eigenvalue weighted by atomic mass is 9.89. The molecule has 0 aliphatic rings. The number of esters is 2. The molecule has 0 saturated heterocycles. The van der Waals surface area contributed by atoms with Gasteiger partial charge in [-0.1, -0.05) is 118 Å². The molecule has 0 N–H and O–H groups in total. The highest BCUT2D eigenvalue weighted by Crippen LogP contribution is 2.28. The number of rotatable bonds is 18. The van der Waals surface area contributed by atoms with Gasteiger partial charge in [0.2, 0.25) is 0 Å². The van der Waals surface area contributed by atoms with Crippen LogP contribution in [-0.4, -0.2) is 11.9 Å². The summed E-state index contributed by atoms with van der Waals surface area (Å²) in [7, 11) is 0. The average Bonchev–Trinajstić information content (AvgIpc) is 2.77. The van der Waals surface area contributed by atoms with Gasteiger partial charge in [0, 0.05) is 12.8 Å². The maximum absolute atomic E-state index is 12.3. The molecule has 0 unspecified atom stereocenters. The highest BCUT2D eigenvalue weighted by Gasteiger charge is 2.14. The van der Waals surface area contributed by atoms with Crippen molar-refractivity contribution in [2.75, 3.05) is 0 Å². The van der Waals surface area contributed by atoms with Crippen LogP contribution < -0.4 is 9.47 Å². The van der Waals surface area contributed by atoms with Gasteiger partial charge in [0.25, 0.3) is 0 Å². The molecule has 0 aliphatic heterocycles. The van der Waals surface area contributed by atoms with E-state index in [1.807, 2.05) is 0 Å². The molecule has 1 aromatic carbocycles. The largest absolute Gasteiger partial charge is 0.423 e. The molecule has 0 aromatic heterocycles. The van der Waals surface area contributed by atoms with E-state index >= 15 is 0 Å². The Kier molecular flexibility index (Phi) is 15.7. The predicted molar refractivity (Wildman–Crippen MR) is 150 cm³/mol. The first kappa shape index (κ1) is 32.2. The molecule has 4 heteroatoms. The summed E-state index contributed by atoms with van der Waals surface area (Å²) in [4.78, 5) is 24.6. The van der Waals surface area contributed by atoms with Crippen molar-refractivity contribution in [1.29, 1.82) is 0 Å². The molecule has 0 aliphatic carbocycles. The summed E-state index contributed by atoms with van der Waals surface area (Å²) < 4.78 is 11.0. The van der Waals surface area contributed by atoms with Crippen molar-refractivity contribution in [1.82, 2.24) is 0 Å². The third-order valence-corrected chi connectivity index (χ3v) is 6.41. The molecule has 36 heavy (non-hydrogen) atoms. The normalized spacial score (nSPS) is 11.9. The summed E-state index contributed by atoms with van der Waals surface area (Å²) in [6, 6.07) is 6.95. The molecule has 0 fully saturated rings. The lowest BCUT2D eigenvalue weighted by molar-refractivity contribution is -0.137. The van der Waals surface area contributed by atoms with Gasteiger partial charge in [0.15, 0.2) is 11.5 Å². The zero-order valence-electron chi connectivity index (χ0n) is 24.3. The van der Waals surface area contributed by atoms with E-state index in [0.717, 1.165) is 38.5 Å². The number of hydrogen-bond acceptors (Lipinski definition) is 4. The van der Waals surface area contributed by atoms with Gasteiger partial charge in [-0.3, -0.25) is 9.59 Å². The Hall–Kier alpha value is -1.84. The van der Waals surface area contributed by atoms with Gasteiger partial charge in [-0.2, -0.15) is 0 Å². The highest BCUT2D eigenvalue weighted by molar-refractivity contribution is 5.76. The molecule has 0 heterocycles. The molecule has 0 spiro atoms. The van der Waals surface area contributed by atoms with Crippen molar-refractivity contribution in [3.05, 3.63) is 24.3 Å². The van der Waals surface area contributed by atoms with Gasteiger partial charge in [-0.05, 0) is 48.6 Å². The maximum Gasteiger partial charge on any atom is 0.311 e. The van der Waals surface area contributed by atoms with Crippen molar-refractivity contribution in [3.63, 3.8) is 0 Å². The molecule has 0 amide bonds. The summed E-state index contributed by atoms with van der Waals surface area (Å²) in [5.74, 6) is 0.129. The fourth-order valence-electron chi connectivity index (χ4n) is 4.23. The first-order valence-corrected chi connectivity index (χ1v) is 14.5. The number of ether oxygens (including phenoxy) is 2. The topological polar surface area (TPSA) is 52.6 Å². The number of carbonyl (C=O) groups excluding carboxylic acids is 2. The Bertz CT molecular complexity index is 676. The number of hydrogen-bond donors (Lipinski definition) is 0. The molecular formula is C32H54O4. The fraction of sp³-hybridized carbons (Fsp3) is 0.750.